The number of amides is 1. The van der Waals surface area contributed by atoms with Gasteiger partial charge in [-0.15, -0.1) is 0 Å². The Labute approximate surface area is 178 Å². The Morgan fingerprint density at radius 1 is 1.07 bits per heavy atom. The number of carbonyl (C=O) groups excluding carboxylic acids is 1. The maximum absolute atomic E-state index is 13.1. The van der Waals surface area contributed by atoms with Crippen LogP contribution in [0.4, 0.5) is 5.69 Å². The van der Waals surface area contributed by atoms with E-state index >= 15 is 0 Å². The minimum Gasteiger partial charge on any atom is -0.464 e. The predicted octanol–water partition coefficient (Wildman–Crippen LogP) is 5.43. The predicted molar refractivity (Wildman–Crippen MR) is 117 cm³/mol. The van der Waals surface area contributed by atoms with Gasteiger partial charge in [0.25, 0.3) is 5.91 Å². The van der Waals surface area contributed by atoms with Gasteiger partial charge in [-0.1, -0.05) is 11.6 Å². The molecule has 30 heavy (non-hydrogen) atoms. The number of likely N-dealkylation sites (tertiary alicyclic amines) is 1. The third-order valence-electron chi connectivity index (χ3n) is 6.44. The molecule has 0 atom stereocenters. The first-order chi connectivity index (χ1) is 14.6. The molecule has 2 aromatic carbocycles. The zero-order chi connectivity index (χ0) is 20.3. The lowest BCUT2D eigenvalue weighted by Gasteiger charge is -2.46. The molecule has 1 fully saturated rings. The van der Waals surface area contributed by atoms with Crippen LogP contribution in [0.3, 0.4) is 0 Å². The number of fused-ring (bicyclic) bond motifs is 5. The number of nitrogens with one attached hydrogen (secondary N) is 1. The maximum Gasteiger partial charge on any atom is 0.253 e. The number of rotatable bonds is 1. The zero-order valence-electron chi connectivity index (χ0n) is 16.3. The Kier molecular flexibility index (Phi) is 3.77. The monoisotopic (exact) mass is 417 g/mol. The lowest BCUT2D eigenvalue weighted by Crippen LogP contribution is -2.51. The summed E-state index contributed by atoms with van der Waals surface area (Å²) in [6, 6.07) is 17.7. The second-order valence-corrected chi connectivity index (χ2v) is 8.53. The number of aromatic nitrogens is 1. The van der Waals surface area contributed by atoms with Crippen LogP contribution in [0.5, 0.6) is 0 Å². The average Bonchev–Trinajstić information content (AvgIpc) is 3.44. The van der Waals surface area contributed by atoms with Crippen LogP contribution in [0.15, 0.2) is 71.5 Å². The van der Waals surface area contributed by atoms with Crippen LogP contribution >= 0.6 is 11.6 Å². The van der Waals surface area contributed by atoms with Crippen LogP contribution in [-0.4, -0.2) is 28.5 Å². The van der Waals surface area contributed by atoms with E-state index in [1.807, 2.05) is 47.4 Å². The van der Waals surface area contributed by atoms with Gasteiger partial charge in [0, 0.05) is 41.0 Å². The molecule has 5 nitrogen and oxygen atoms in total. The summed E-state index contributed by atoms with van der Waals surface area (Å²) >= 11 is 6.24. The van der Waals surface area contributed by atoms with Crippen molar-refractivity contribution in [2.75, 3.05) is 18.4 Å². The third-order valence-corrected chi connectivity index (χ3v) is 6.67. The van der Waals surface area contributed by atoms with Crippen molar-refractivity contribution in [3.63, 3.8) is 0 Å². The molecule has 0 saturated carbocycles. The lowest BCUT2D eigenvalue weighted by molar-refractivity contribution is 0.0676. The number of hydrogen-bond acceptors (Lipinski definition) is 3. The summed E-state index contributed by atoms with van der Waals surface area (Å²) in [6.45, 7) is 1.40. The van der Waals surface area contributed by atoms with E-state index in [2.05, 4.69) is 28.2 Å². The summed E-state index contributed by atoms with van der Waals surface area (Å²) in [5.41, 5.74) is 4.70. The molecule has 4 aromatic rings. The Morgan fingerprint density at radius 2 is 1.93 bits per heavy atom. The van der Waals surface area contributed by atoms with Crippen molar-refractivity contribution >= 4 is 34.2 Å². The molecule has 6 heteroatoms. The van der Waals surface area contributed by atoms with Crippen molar-refractivity contribution in [1.29, 1.82) is 0 Å². The molecule has 2 aromatic heterocycles. The minimum absolute atomic E-state index is 0.0753. The van der Waals surface area contributed by atoms with Gasteiger partial charge in [-0.05, 0) is 67.4 Å². The van der Waals surface area contributed by atoms with E-state index in [1.165, 1.54) is 5.69 Å². The highest BCUT2D eigenvalue weighted by Gasteiger charge is 2.42. The molecule has 1 amide bonds. The van der Waals surface area contributed by atoms with Gasteiger partial charge in [0.15, 0.2) is 0 Å². The molecule has 0 radical (unpaired) electrons. The molecule has 150 valence electrons. The van der Waals surface area contributed by atoms with Crippen molar-refractivity contribution in [3.05, 3.63) is 83.3 Å². The van der Waals surface area contributed by atoms with E-state index in [-0.39, 0.29) is 11.4 Å². The van der Waals surface area contributed by atoms with Gasteiger partial charge in [-0.3, -0.25) is 4.79 Å². The maximum atomic E-state index is 13.1. The number of halogens is 1. The molecule has 6 rings (SSSR count). The number of carbonyl (C=O) groups is 1. The third kappa shape index (κ3) is 2.58. The summed E-state index contributed by atoms with van der Waals surface area (Å²) in [4.78, 5) is 15.1. The van der Waals surface area contributed by atoms with Crippen molar-refractivity contribution in [2.45, 2.75) is 18.4 Å². The molecule has 0 aliphatic carbocycles. The smallest absolute Gasteiger partial charge is 0.253 e. The van der Waals surface area contributed by atoms with Crippen LogP contribution in [0.25, 0.3) is 16.7 Å². The number of furan rings is 1. The first-order valence-corrected chi connectivity index (χ1v) is 10.5. The Morgan fingerprint density at radius 3 is 2.80 bits per heavy atom. The van der Waals surface area contributed by atoms with Crippen LogP contribution < -0.4 is 5.32 Å². The first kappa shape index (κ1) is 17.7. The molecular weight excluding hydrogens is 398 g/mol. The highest BCUT2D eigenvalue weighted by Crippen LogP contribution is 2.44. The summed E-state index contributed by atoms with van der Waals surface area (Å²) in [5, 5.41) is 5.45. The van der Waals surface area contributed by atoms with Gasteiger partial charge in [0.05, 0.1) is 23.2 Å². The van der Waals surface area contributed by atoms with Crippen LogP contribution in [-0.2, 0) is 5.54 Å². The molecule has 0 bridgehead atoms. The van der Waals surface area contributed by atoms with Crippen LogP contribution in [0.1, 0.15) is 28.9 Å². The van der Waals surface area contributed by atoms with E-state index in [1.54, 1.807) is 6.26 Å². The number of piperidine rings is 1. The Hall–Kier alpha value is -3.18. The molecule has 2 aliphatic heterocycles. The number of anilines is 1. The van der Waals surface area contributed by atoms with Gasteiger partial charge in [-0.2, -0.15) is 0 Å². The fourth-order valence-corrected chi connectivity index (χ4v) is 5.03. The summed E-state index contributed by atoms with van der Waals surface area (Å²) in [7, 11) is 0. The second-order valence-electron chi connectivity index (χ2n) is 8.10. The van der Waals surface area contributed by atoms with Crippen molar-refractivity contribution < 1.29 is 9.21 Å². The van der Waals surface area contributed by atoms with Gasteiger partial charge in [0.1, 0.15) is 5.58 Å². The number of nitrogens with zero attached hydrogens (tertiary/aromatic N) is 2. The average molecular weight is 418 g/mol. The van der Waals surface area contributed by atoms with Gasteiger partial charge >= 0.3 is 0 Å². The molecule has 2 aliphatic rings. The van der Waals surface area contributed by atoms with Crippen molar-refractivity contribution in [3.8, 4) is 5.69 Å². The highest BCUT2D eigenvalue weighted by atomic mass is 35.5. The first-order valence-electron chi connectivity index (χ1n) is 10.2. The highest BCUT2D eigenvalue weighted by molar-refractivity contribution is 6.30. The summed E-state index contributed by atoms with van der Waals surface area (Å²) in [6.07, 6.45) is 5.43. The lowest BCUT2D eigenvalue weighted by atomic mass is 9.82. The van der Waals surface area contributed by atoms with Crippen LogP contribution in [0, 0.1) is 0 Å². The fourth-order valence-electron chi connectivity index (χ4n) is 4.87. The number of benzene rings is 2. The second kappa shape index (κ2) is 6.41. The largest absolute Gasteiger partial charge is 0.464 e. The topological polar surface area (TPSA) is 50.4 Å². The Bertz CT molecular complexity index is 1280. The quantitative estimate of drug-likeness (QED) is 0.449. The van der Waals surface area contributed by atoms with Crippen LogP contribution in [0.2, 0.25) is 5.02 Å². The molecule has 1 N–H and O–H groups in total. The normalized spacial score (nSPS) is 16.9. The van der Waals surface area contributed by atoms with Crippen molar-refractivity contribution in [2.24, 2.45) is 0 Å². The fraction of sp³-hybridized carbons (Fsp3) is 0.208. The van der Waals surface area contributed by atoms with Gasteiger partial charge in [0.2, 0.25) is 0 Å². The van der Waals surface area contributed by atoms with E-state index in [9.17, 15) is 4.79 Å². The molecule has 0 unspecified atom stereocenters. The molecule has 1 spiro atoms. The summed E-state index contributed by atoms with van der Waals surface area (Å²) in [5.74, 6) is 0.0753. The Balaban J connectivity index is 1.27. The SMILES string of the molecule is O=C(c1ccc2occc2c1)N1CCC2(CC1)Nc1ccc(Cl)cc1-n1cccc12. The minimum atomic E-state index is -0.185. The zero-order valence-corrected chi connectivity index (χ0v) is 17.0. The molecule has 4 heterocycles. The molecular formula is C24H20ClN3O2. The standard InChI is InChI=1S/C24H20ClN3O2/c25-18-4-5-19-20(15-18)28-10-1-2-22(28)24(26-19)8-11-27(12-9-24)23(29)17-3-6-21-16(14-17)7-13-30-21/h1-7,10,13-15,26H,8-9,11-12H2. The number of hydrogen-bond donors (Lipinski definition) is 1. The van der Waals surface area contributed by atoms with E-state index in [0.717, 1.165) is 40.2 Å². The molecule has 1 saturated heterocycles. The summed E-state index contributed by atoms with van der Waals surface area (Å²) < 4.78 is 7.62. The van der Waals surface area contributed by atoms with Gasteiger partial charge in [-0.25, -0.2) is 0 Å². The van der Waals surface area contributed by atoms with Crippen molar-refractivity contribution in [1.82, 2.24) is 9.47 Å². The van der Waals surface area contributed by atoms with E-state index in [0.29, 0.717) is 18.7 Å². The van der Waals surface area contributed by atoms with Gasteiger partial charge < -0.3 is 19.2 Å². The van der Waals surface area contributed by atoms with E-state index in [4.69, 9.17) is 16.0 Å². The van der Waals surface area contributed by atoms with E-state index < -0.39 is 0 Å².